The van der Waals surface area contributed by atoms with Crippen molar-refractivity contribution in [2.24, 2.45) is 0 Å². The van der Waals surface area contributed by atoms with Crippen LogP contribution in [0.3, 0.4) is 0 Å². The van der Waals surface area contributed by atoms with E-state index in [4.69, 9.17) is 0 Å². The van der Waals surface area contributed by atoms with E-state index >= 15 is 0 Å². The Morgan fingerprint density at radius 3 is 1.66 bits per heavy atom. The number of hydrogen-bond acceptors (Lipinski definition) is 0. The molecule has 1 aromatic heterocycles. The summed E-state index contributed by atoms with van der Waals surface area (Å²) >= 11 is 0.185. The van der Waals surface area contributed by atoms with E-state index < -0.39 is 0 Å². The second-order valence-electron chi connectivity index (χ2n) is 21.1. The monoisotopic (exact) mass is 795 g/mol. The molecule has 0 N–H and O–H groups in total. The topological polar surface area (TPSA) is 4.93 Å². The molecule has 3 aliphatic rings. The van der Waals surface area contributed by atoms with Crippen molar-refractivity contribution in [1.29, 1.82) is 0 Å². The van der Waals surface area contributed by atoms with Crippen LogP contribution in [0.2, 0.25) is 0 Å². The van der Waals surface area contributed by atoms with Crippen LogP contribution in [-0.4, -0.2) is 26.2 Å². The summed E-state index contributed by atoms with van der Waals surface area (Å²) in [6, 6.07) is 41.8. The fourth-order valence-corrected chi connectivity index (χ4v) is 12.4. The Bertz CT molecular complexity index is 2760. The number of fused-ring (bicyclic) bond motifs is 10. The molecule has 0 saturated heterocycles. The Kier molecular flexibility index (Phi) is 7.50. The molecule has 0 spiro atoms. The third-order valence-electron chi connectivity index (χ3n) is 13.1. The first kappa shape index (κ1) is 36.1. The molecule has 0 amide bonds. The minimum absolute atomic E-state index is 0.0226. The zero-order valence-electron chi connectivity index (χ0n) is 35.3. The zero-order chi connectivity index (χ0) is 39.4. The first-order valence-electron chi connectivity index (χ1n) is 20.7. The van der Waals surface area contributed by atoms with Crippen molar-refractivity contribution in [3.63, 3.8) is 0 Å². The van der Waals surface area contributed by atoms with Gasteiger partial charge in [-0.05, 0) is 0 Å². The van der Waals surface area contributed by atoms with E-state index in [1.165, 1.54) is 103 Å². The molecule has 7 aromatic rings. The van der Waals surface area contributed by atoms with Crippen LogP contribution in [0.5, 0.6) is 0 Å². The van der Waals surface area contributed by atoms with Crippen molar-refractivity contribution in [2.75, 3.05) is 0 Å². The molecule has 0 atom stereocenters. The zero-order valence-corrected chi connectivity index (χ0v) is 37.0. The normalized spacial score (nSPS) is 15.0. The van der Waals surface area contributed by atoms with Gasteiger partial charge in [-0.1, -0.05) is 0 Å². The quantitative estimate of drug-likeness (QED) is 0.146. The second-order valence-corrected chi connectivity index (χ2v) is 23.4. The predicted octanol–water partition coefficient (Wildman–Crippen LogP) is 9.93. The van der Waals surface area contributed by atoms with Gasteiger partial charge >= 0.3 is 343 Å². The van der Waals surface area contributed by atoms with Crippen molar-refractivity contribution < 1.29 is 0 Å². The van der Waals surface area contributed by atoms with E-state index in [2.05, 4.69) is 191 Å². The third kappa shape index (κ3) is 5.26. The van der Waals surface area contributed by atoms with Crippen LogP contribution in [0.4, 0.5) is 0 Å². The minimum atomic E-state index is 0.0226. The van der Waals surface area contributed by atoms with Crippen LogP contribution in [0.1, 0.15) is 128 Å². The van der Waals surface area contributed by atoms with Crippen LogP contribution >= 0.6 is 0 Å². The Labute approximate surface area is 341 Å². The summed E-state index contributed by atoms with van der Waals surface area (Å²) in [7, 11) is 0. The molecule has 1 aliphatic carbocycles. The second kappa shape index (κ2) is 11.6. The maximum absolute atomic E-state index is 2.68. The molecule has 0 saturated carbocycles. The van der Waals surface area contributed by atoms with Crippen molar-refractivity contribution in [3.8, 4) is 16.8 Å². The van der Waals surface area contributed by atoms with E-state index in [-0.39, 0.29) is 49.2 Å². The average molecular weight is 795 g/mol. The summed E-state index contributed by atoms with van der Waals surface area (Å²) in [5, 5.41) is 2.76. The van der Waals surface area contributed by atoms with Crippen LogP contribution in [0.25, 0.3) is 38.6 Å². The summed E-state index contributed by atoms with van der Waals surface area (Å²) in [5.74, 6) is 0.172. The number of aromatic nitrogens is 1. The van der Waals surface area contributed by atoms with Crippen molar-refractivity contribution in [3.05, 3.63) is 142 Å². The van der Waals surface area contributed by atoms with Crippen molar-refractivity contribution in [1.82, 2.24) is 4.57 Å². The van der Waals surface area contributed by atoms with Gasteiger partial charge in [0.15, 0.2) is 0 Å². The fraction of sp³-hybridized carbons (Fsp3) is 0.321. The fourth-order valence-electron chi connectivity index (χ4n) is 9.86. The van der Waals surface area contributed by atoms with Gasteiger partial charge in [0.1, 0.15) is 0 Å². The Morgan fingerprint density at radius 1 is 0.500 bits per heavy atom. The van der Waals surface area contributed by atoms with Gasteiger partial charge in [0.25, 0.3) is 0 Å². The van der Waals surface area contributed by atoms with E-state index in [1.807, 2.05) is 0 Å². The van der Waals surface area contributed by atoms with Crippen molar-refractivity contribution >= 4 is 68.8 Å². The van der Waals surface area contributed by atoms with Gasteiger partial charge in [-0.15, -0.1) is 0 Å². The molecule has 3 heterocycles. The standard InChI is InChI=1S/C53H54BNSe/c1-50(2,3)31-17-20-35-37(25-31)38-26-32(51(4,5)6)18-21-36(38)47(35)30-23-44-48-46(24-30)56-45-16-14-13-15-41(45)54(48)42-29-34(53(10,11)12)28-40-39-27-33(52(7,8)9)19-22-43(39)55(44)49(40)42/h13-29,47H,1-12H3. The average Bonchev–Trinajstić information content (AvgIpc) is 3.64. The Balaban J connectivity index is 1.31. The first-order chi connectivity index (χ1) is 26.3. The Morgan fingerprint density at radius 2 is 1.05 bits per heavy atom. The molecule has 2 aliphatic heterocycles. The molecule has 3 heteroatoms. The van der Waals surface area contributed by atoms with Gasteiger partial charge in [-0.2, -0.15) is 0 Å². The number of rotatable bonds is 1. The Hall–Kier alpha value is -4.30. The number of benzene rings is 6. The summed E-state index contributed by atoms with van der Waals surface area (Å²) < 4.78 is 5.74. The van der Waals surface area contributed by atoms with E-state index in [9.17, 15) is 0 Å². The number of hydrogen-bond donors (Lipinski definition) is 0. The van der Waals surface area contributed by atoms with Crippen LogP contribution in [0, 0.1) is 0 Å². The van der Waals surface area contributed by atoms with E-state index in [0.29, 0.717) is 0 Å². The van der Waals surface area contributed by atoms with Crippen LogP contribution < -0.4 is 25.3 Å². The van der Waals surface area contributed by atoms with Crippen LogP contribution in [0.15, 0.2) is 103 Å². The van der Waals surface area contributed by atoms with E-state index in [1.54, 1.807) is 0 Å². The molecule has 1 nitrogen and oxygen atoms in total. The number of nitrogens with zero attached hydrogens (tertiary/aromatic N) is 1. The van der Waals surface area contributed by atoms with Gasteiger partial charge < -0.3 is 0 Å². The molecule has 0 bridgehead atoms. The predicted molar refractivity (Wildman–Crippen MR) is 245 cm³/mol. The molecule has 0 radical (unpaired) electrons. The molecule has 280 valence electrons. The molecule has 0 unspecified atom stereocenters. The first-order valence-corrected chi connectivity index (χ1v) is 22.4. The van der Waals surface area contributed by atoms with Gasteiger partial charge in [0, 0.05) is 0 Å². The summed E-state index contributed by atoms with van der Waals surface area (Å²) in [6.07, 6.45) is 0. The molecule has 56 heavy (non-hydrogen) atoms. The molecule has 10 rings (SSSR count). The van der Waals surface area contributed by atoms with Crippen molar-refractivity contribution in [2.45, 2.75) is 111 Å². The summed E-state index contributed by atoms with van der Waals surface area (Å²) in [5.41, 5.74) is 21.5. The van der Waals surface area contributed by atoms with E-state index in [0.717, 1.165) is 0 Å². The van der Waals surface area contributed by atoms with Gasteiger partial charge in [-0.3, -0.25) is 0 Å². The molecule has 0 fully saturated rings. The summed E-state index contributed by atoms with van der Waals surface area (Å²) in [4.78, 5) is 0. The molecular formula is C53H54BNSe. The summed E-state index contributed by atoms with van der Waals surface area (Å²) in [6.45, 7) is 28.4. The van der Waals surface area contributed by atoms with Crippen LogP contribution in [-0.2, 0) is 21.7 Å². The molecule has 6 aromatic carbocycles. The SMILES string of the molecule is CC(C)(C)c1ccc2c(c1)-c1cc(C(C)(C)C)ccc1C2c1cc2c3c(c1)-n1c4ccc(C(C)(C)C)cc4c4cc(C(C)(C)C)cc(c41)B3c1ccccc1[Se]2. The van der Waals surface area contributed by atoms with Gasteiger partial charge in [0.05, 0.1) is 0 Å². The maximum atomic E-state index is 2.68. The van der Waals surface area contributed by atoms with Gasteiger partial charge in [0.2, 0.25) is 0 Å². The third-order valence-corrected chi connectivity index (χ3v) is 15.6. The van der Waals surface area contributed by atoms with Gasteiger partial charge in [-0.25, -0.2) is 0 Å². The molecular weight excluding hydrogens is 740 g/mol.